The van der Waals surface area contributed by atoms with Crippen molar-refractivity contribution < 1.29 is 4.74 Å². The maximum Gasteiger partial charge on any atom is 0.0685 e. The van der Waals surface area contributed by atoms with Crippen LogP contribution in [0.25, 0.3) is 0 Å². The van der Waals surface area contributed by atoms with Gasteiger partial charge in [-0.25, -0.2) is 0 Å². The van der Waals surface area contributed by atoms with Crippen LogP contribution in [0.5, 0.6) is 0 Å². The van der Waals surface area contributed by atoms with Gasteiger partial charge in [0.2, 0.25) is 0 Å². The van der Waals surface area contributed by atoms with Crippen LogP contribution < -0.4 is 0 Å². The standard InChI is InChI=1S/C9H16OS/c1-8(7-11)6-10-9-4-2-3-5-9/h9,11H,1-7H2. The molecule has 0 spiro atoms. The molecule has 0 radical (unpaired) electrons. The molecule has 1 aliphatic carbocycles. The minimum atomic E-state index is 0.506. The van der Waals surface area contributed by atoms with E-state index in [0.29, 0.717) is 12.7 Å². The third-order valence-corrected chi connectivity index (χ3v) is 2.50. The topological polar surface area (TPSA) is 9.23 Å². The van der Waals surface area contributed by atoms with Crippen molar-refractivity contribution in [3.8, 4) is 0 Å². The number of thiol groups is 1. The highest BCUT2D eigenvalue weighted by molar-refractivity contribution is 7.80. The van der Waals surface area contributed by atoms with Gasteiger partial charge >= 0.3 is 0 Å². The van der Waals surface area contributed by atoms with Gasteiger partial charge in [-0.3, -0.25) is 0 Å². The Morgan fingerprint density at radius 1 is 1.45 bits per heavy atom. The lowest BCUT2D eigenvalue weighted by atomic mass is 10.3. The summed E-state index contributed by atoms with van der Waals surface area (Å²) in [6.07, 6.45) is 5.64. The average molecular weight is 172 g/mol. The summed E-state index contributed by atoms with van der Waals surface area (Å²) in [4.78, 5) is 0. The van der Waals surface area contributed by atoms with Crippen LogP contribution in [0.3, 0.4) is 0 Å². The maximum absolute atomic E-state index is 5.61. The third-order valence-electron chi connectivity index (χ3n) is 2.05. The Bertz CT molecular complexity index is 128. The Balaban J connectivity index is 2.06. The molecule has 0 aromatic rings. The zero-order valence-electron chi connectivity index (χ0n) is 6.88. The molecule has 0 bridgehead atoms. The number of ether oxygens (including phenoxy) is 1. The zero-order valence-corrected chi connectivity index (χ0v) is 7.78. The van der Waals surface area contributed by atoms with Gasteiger partial charge in [0.25, 0.3) is 0 Å². The van der Waals surface area contributed by atoms with Crippen LogP contribution in [-0.2, 0) is 4.74 Å². The molecule has 0 N–H and O–H groups in total. The van der Waals surface area contributed by atoms with Crippen molar-refractivity contribution in [2.45, 2.75) is 31.8 Å². The normalized spacial score (nSPS) is 19.0. The summed E-state index contributed by atoms with van der Waals surface area (Å²) in [5, 5.41) is 0. The summed E-state index contributed by atoms with van der Waals surface area (Å²) in [6, 6.07) is 0. The summed E-state index contributed by atoms with van der Waals surface area (Å²) >= 11 is 4.11. The molecule has 1 fully saturated rings. The van der Waals surface area contributed by atoms with E-state index in [2.05, 4.69) is 19.2 Å². The lowest BCUT2D eigenvalue weighted by molar-refractivity contribution is 0.0758. The highest BCUT2D eigenvalue weighted by atomic mass is 32.1. The summed E-state index contributed by atoms with van der Waals surface area (Å²) in [7, 11) is 0. The first kappa shape index (κ1) is 9.14. The summed E-state index contributed by atoms with van der Waals surface area (Å²) in [5.41, 5.74) is 1.08. The van der Waals surface area contributed by atoms with Crippen molar-refractivity contribution in [2.75, 3.05) is 12.4 Å². The summed E-state index contributed by atoms with van der Waals surface area (Å²) in [5.74, 6) is 0.743. The Morgan fingerprint density at radius 2 is 2.09 bits per heavy atom. The highest BCUT2D eigenvalue weighted by Crippen LogP contribution is 2.21. The predicted molar refractivity (Wildman–Crippen MR) is 51.2 cm³/mol. The van der Waals surface area contributed by atoms with E-state index in [4.69, 9.17) is 4.74 Å². The van der Waals surface area contributed by atoms with Gasteiger partial charge in [0.05, 0.1) is 12.7 Å². The van der Waals surface area contributed by atoms with Crippen LogP contribution in [0.1, 0.15) is 25.7 Å². The van der Waals surface area contributed by atoms with E-state index in [9.17, 15) is 0 Å². The molecule has 0 unspecified atom stereocenters. The molecule has 0 aromatic heterocycles. The number of hydrogen-bond acceptors (Lipinski definition) is 2. The van der Waals surface area contributed by atoms with Gasteiger partial charge in [-0.1, -0.05) is 19.4 Å². The largest absolute Gasteiger partial charge is 0.374 e. The third kappa shape index (κ3) is 3.30. The molecule has 0 aliphatic heterocycles. The Labute approximate surface area is 74.2 Å². The van der Waals surface area contributed by atoms with Crippen LogP contribution in [0.4, 0.5) is 0 Å². The SMILES string of the molecule is C=C(CS)COC1CCCC1. The van der Waals surface area contributed by atoms with E-state index in [1.807, 2.05) is 0 Å². The molecule has 1 aliphatic rings. The smallest absolute Gasteiger partial charge is 0.0685 e. The van der Waals surface area contributed by atoms with Gasteiger partial charge in [0.15, 0.2) is 0 Å². The fourth-order valence-electron chi connectivity index (χ4n) is 1.34. The van der Waals surface area contributed by atoms with E-state index in [1.54, 1.807) is 0 Å². The molecule has 0 atom stereocenters. The number of hydrogen-bond donors (Lipinski definition) is 1. The molecule has 1 rings (SSSR count). The van der Waals surface area contributed by atoms with E-state index in [-0.39, 0.29) is 0 Å². The van der Waals surface area contributed by atoms with Crippen molar-refractivity contribution in [3.63, 3.8) is 0 Å². The molecule has 0 heterocycles. The number of rotatable bonds is 4. The van der Waals surface area contributed by atoms with Crippen molar-refractivity contribution in [3.05, 3.63) is 12.2 Å². The minimum Gasteiger partial charge on any atom is -0.374 e. The lowest BCUT2D eigenvalue weighted by Crippen LogP contribution is -2.09. The molecular formula is C9H16OS. The quantitative estimate of drug-likeness (QED) is 0.506. The van der Waals surface area contributed by atoms with Crippen LogP contribution in [0, 0.1) is 0 Å². The fraction of sp³-hybridized carbons (Fsp3) is 0.778. The fourth-order valence-corrected chi connectivity index (χ4v) is 1.43. The average Bonchev–Trinajstić information content (AvgIpc) is 2.52. The monoisotopic (exact) mass is 172 g/mol. The Morgan fingerprint density at radius 3 is 2.64 bits per heavy atom. The molecule has 11 heavy (non-hydrogen) atoms. The Hall–Kier alpha value is 0.0500. The van der Waals surface area contributed by atoms with Crippen LogP contribution in [0.15, 0.2) is 12.2 Å². The molecular weight excluding hydrogens is 156 g/mol. The van der Waals surface area contributed by atoms with E-state index in [1.165, 1.54) is 25.7 Å². The first-order valence-electron chi connectivity index (χ1n) is 4.22. The van der Waals surface area contributed by atoms with Crippen molar-refractivity contribution in [2.24, 2.45) is 0 Å². The maximum atomic E-state index is 5.61. The van der Waals surface area contributed by atoms with Gasteiger partial charge in [-0.05, 0) is 18.4 Å². The van der Waals surface area contributed by atoms with Crippen LogP contribution >= 0.6 is 12.6 Å². The second-order valence-electron chi connectivity index (χ2n) is 3.13. The molecule has 1 nitrogen and oxygen atoms in total. The molecule has 0 saturated heterocycles. The second kappa shape index (κ2) is 4.83. The van der Waals surface area contributed by atoms with Gasteiger partial charge in [-0.2, -0.15) is 12.6 Å². The van der Waals surface area contributed by atoms with E-state index < -0.39 is 0 Å². The highest BCUT2D eigenvalue weighted by Gasteiger charge is 2.14. The minimum absolute atomic E-state index is 0.506. The molecule has 0 amide bonds. The zero-order chi connectivity index (χ0) is 8.10. The summed E-state index contributed by atoms with van der Waals surface area (Å²) < 4.78 is 5.61. The first-order chi connectivity index (χ1) is 5.33. The predicted octanol–water partition coefficient (Wildman–Crippen LogP) is 2.43. The molecule has 2 heteroatoms. The van der Waals surface area contributed by atoms with Crippen LogP contribution in [-0.4, -0.2) is 18.5 Å². The molecule has 64 valence electrons. The second-order valence-corrected chi connectivity index (χ2v) is 3.44. The van der Waals surface area contributed by atoms with Gasteiger partial charge in [0.1, 0.15) is 0 Å². The van der Waals surface area contributed by atoms with E-state index >= 15 is 0 Å². The van der Waals surface area contributed by atoms with Gasteiger partial charge in [-0.15, -0.1) is 0 Å². The van der Waals surface area contributed by atoms with Crippen molar-refractivity contribution in [1.29, 1.82) is 0 Å². The first-order valence-corrected chi connectivity index (χ1v) is 4.85. The summed E-state index contributed by atoms with van der Waals surface area (Å²) in [6.45, 7) is 4.54. The van der Waals surface area contributed by atoms with Crippen molar-refractivity contribution >= 4 is 12.6 Å². The molecule has 0 aromatic carbocycles. The van der Waals surface area contributed by atoms with Crippen molar-refractivity contribution in [1.82, 2.24) is 0 Å². The lowest BCUT2D eigenvalue weighted by Gasteiger charge is -2.10. The van der Waals surface area contributed by atoms with Crippen LogP contribution in [0.2, 0.25) is 0 Å². The van der Waals surface area contributed by atoms with Gasteiger partial charge in [0, 0.05) is 5.75 Å². The molecule has 1 saturated carbocycles. The Kier molecular flexibility index (Phi) is 4.02. The van der Waals surface area contributed by atoms with E-state index in [0.717, 1.165) is 11.3 Å². The van der Waals surface area contributed by atoms with Gasteiger partial charge < -0.3 is 4.74 Å².